The van der Waals surface area contributed by atoms with Crippen molar-refractivity contribution in [1.29, 1.82) is 0 Å². The third kappa shape index (κ3) is 3.87. The molecule has 0 atom stereocenters. The standard InChI is InChI=1S/C17H15Cl2NO/c1-12(17(18)19)11-14-9-5-6-10-15(14)16(20-21)13-7-3-2-4-8-13/h2-10,21H,11H2,1H3. The van der Waals surface area contributed by atoms with E-state index in [1.54, 1.807) is 0 Å². The van der Waals surface area contributed by atoms with Crippen LogP contribution in [0.1, 0.15) is 23.6 Å². The van der Waals surface area contributed by atoms with E-state index in [1.165, 1.54) is 0 Å². The molecular weight excluding hydrogens is 305 g/mol. The van der Waals surface area contributed by atoms with Crippen LogP contribution in [0.5, 0.6) is 0 Å². The number of halogens is 2. The van der Waals surface area contributed by atoms with Gasteiger partial charge in [0.15, 0.2) is 0 Å². The van der Waals surface area contributed by atoms with Crippen LogP contribution in [-0.4, -0.2) is 10.9 Å². The number of hydrogen-bond donors (Lipinski definition) is 1. The highest BCUT2D eigenvalue weighted by Crippen LogP contribution is 2.22. The van der Waals surface area contributed by atoms with E-state index >= 15 is 0 Å². The molecule has 0 heterocycles. The molecule has 0 amide bonds. The largest absolute Gasteiger partial charge is 0.410 e. The van der Waals surface area contributed by atoms with Gasteiger partial charge in [-0.25, -0.2) is 0 Å². The molecular formula is C17H15Cl2NO. The first kappa shape index (κ1) is 15.6. The minimum Gasteiger partial charge on any atom is -0.410 e. The van der Waals surface area contributed by atoms with Gasteiger partial charge in [0.05, 0.1) is 0 Å². The molecule has 2 aromatic carbocycles. The van der Waals surface area contributed by atoms with Gasteiger partial charge in [0.2, 0.25) is 0 Å². The second-order valence-corrected chi connectivity index (χ2v) is 5.64. The van der Waals surface area contributed by atoms with Gasteiger partial charge in [-0.05, 0) is 24.5 Å². The van der Waals surface area contributed by atoms with Gasteiger partial charge in [0.1, 0.15) is 10.2 Å². The summed E-state index contributed by atoms with van der Waals surface area (Å²) in [6, 6.07) is 17.3. The van der Waals surface area contributed by atoms with E-state index in [1.807, 2.05) is 61.5 Å². The number of benzene rings is 2. The lowest BCUT2D eigenvalue weighted by Gasteiger charge is -2.11. The Morgan fingerprint density at radius 2 is 1.62 bits per heavy atom. The Hall–Kier alpha value is -1.77. The number of allylic oxidation sites excluding steroid dienone is 1. The summed E-state index contributed by atoms with van der Waals surface area (Å²) in [6.45, 7) is 1.88. The Morgan fingerprint density at radius 1 is 1.00 bits per heavy atom. The van der Waals surface area contributed by atoms with E-state index in [0.717, 1.165) is 22.3 Å². The predicted molar refractivity (Wildman–Crippen MR) is 88.4 cm³/mol. The summed E-state index contributed by atoms with van der Waals surface area (Å²) in [5, 5.41) is 12.9. The maximum Gasteiger partial charge on any atom is 0.117 e. The highest BCUT2D eigenvalue weighted by Gasteiger charge is 2.12. The van der Waals surface area contributed by atoms with Crippen LogP contribution in [-0.2, 0) is 6.42 Å². The van der Waals surface area contributed by atoms with Gasteiger partial charge in [-0.15, -0.1) is 0 Å². The van der Waals surface area contributed by atoms with Crippen LogP contribution < -0.4 is 0 Å². The molecule has 21 heavy (non-hydrogen) atoms. The highest BCUT2D eigenvalue weighted by molar-refractivity contribution is 6.56. The predicted octanol–water partition coefficient (Wildman–Crippen LogP) is 5.16. The van der Waals surface area contributed by atoms with Gasteiger partial charge in [-0.1, -0.05) is 83.0 Å². The fraction of sp³-hybridized carbons (Fsp3) is 0.118. The van der Waals surface area contributed by atoms with Crippen molar-refractivity contribution >= 4 is 28.9 Å². The van der Waals surface area contributed by atoms with Crippen LogP contribution >= 0.6 is 23.2 Å². The van der Waals surface area contributed by atoms with Crippen LogP contribution in [0.4, 0.5) is 0 Å². The molecule has 2 nitrogen and oxygen atoms in total. The SMILES string of the molecule is CC(Cc1ccccc1C(=NO)c1ccccc1)=C(Cl)Cl. The normalized spacial score (nSPS) is 11.3. The quantitative estimate of drug-likeness (QED) is 0.471. The van der Waals surface area contributed by atoms with E-state index in [2.05, 4.69) is 5.16 Å². The molecule has 2 aromatic rings. The molecule has 4 heteroatoms. The molecule has 1 N–H and O–H groups in total. The molecule has 2 rings (SSSR count). The van der Waals surface area contributed by atoms with Crippen molar-refractivity contribution < 1.29 is 5.21 Å². The van der Waals surface area contributed by atoms with E-state index in [-0.39, 0.29) is 4.49 Å². The van der Waals surface area contributed by atoms with Crippen molar-refractivity contribution in [3.05, 3.63) is 81.4 Å². The fourth-order valence-corrected chi connectivity index (χ4v) is 2.25. The highest BCUT2D eigenvalue weighted by atomic mass is 35.5. The van der Waals surface area contributed by atoms with Crippen LogP contribution in [0.25, 0.3) is 0 Å². The lowest BCUT2D eigenvalue weighted by Crippen LogP contribution is -2.07. The zero-order chi connectivity index (χ0) is 15.2. The van der Waals surface area contributed by atoms with E-state index in [0.29, 0.717) is 12.1 Å². The first-order valence-corrected chi connectivity index (χ1v) is 7.25. The second kappa shape index (κ2) is 7.30. The molecule has 108 valence electrons. The summed E-state index contributed by atoms with van der Waals surface area (Å²) in [7, 11) is 0. The molecule has 0 aliphatic heterocycles. The summed E-state index contributed by atoms with van der Waals surface area (Å²) in [4.78, 5) is 0. The number of rotatable bonds is 4. The van der Waals surface area contributed by atoms with Crippen LogP contribution in [0.3, 0.4) is 0 Å². The number of nitrogens with zero attached hydrogens (tertiary/aromatic N) is 1. The van der Waals surface area contributed by atoms with E-state index < -0.39 is 0 Å². The Labute approximate surface area is 134 Å². The molecule has 0 fully saturated rings. The monoisotopic (exact) mass is 319 g/mol. The lowest BCUT2D eigenvalue weighted by atomic mass is 9.94. The summed E-state index contributed by atoms with van der Waals surface area (Å²) in [5.74, 6) is 0. The topological polar surface area (TPSA) is 32.6 Å². The fourth-order valence-electron chi connectivity index (χ4n) is 2.12. The summed E-state index contributed by atoms with van der Waals surface area (Å²) >= 11 is 11.7. The molecule has 0 aliphatic carbocycles. The summed E-state index contributed by atoms with van der Waals surface area (Å²) < 4.78 is 0.270. The van der Waals surface area contributed by atoms with Crippen LogP contribution in [0.15, 0.2) is 69.8 Å². The van der Waals surface area contributed by atoms with E-state index in [4.69, 9.17) is 23.2 Å². The van der Waals surface area contributed by atoms with Gasteiger partial charge >= 0.3 is 0 Å². The van der Waals surface area contributed by atoms with Crippen molar-refractivity contribution in [1.82, 2.24) is 0 Å². The first-order valence-electron chi connectivity index (χ1n) is 6.50. The minimum absolute atomic E-state index is 0.270. The Morgan fingerprint density at radius 3 is 2.24 bits per heavy atom. The van der Waals surface area contributed by atoms with E-state index in [9.17, 15) is 5.21 Å². The van der Waals surface area contributed by atoms with Gasteiger partial charge in [0.25, 0.3) is 0 Å². The third-order valence-electron chi connectivity index (χ3n) is 3.20. The molecule has 0 radical (unpaired) electrons. The van der Waals surface area contributed by atoms with Gasteiger partial charge in [0, 0.05) is 11.1 Å². The zero-order valence-corrected chi connectivity index (χ0v) is 13.1. The van der Waals surface area contributed by atoms with Crippen molar-refractivity contribution in [3.63, 3.8) is 0 Å². The third-order valence-corrected chi connectivity index (χ3v) is 3.84. The summed E-state index contributed by atoms with van der Waals surface area (Å²) in [5.41, 5.74) is 4.12. The smallest absolute Gasteiger partial charge is 0.117 e. The zero-order valence-electron chi connectivity index (χ0n) is 11.6. The molecule has 0 bridgehead atoms. The Balaban J connectivity index is 2.47. The average Bonchev–Trinajstić information content (AvgIpc) is 2.50. The Bertz CT molecular complexity index is 674. The lowest BCUT2D eigenvalue weighted by molar-refractivity contribution is 0.319. The van der Waals surface area contributed by atoms with Gasteiger partial charge in [-0.2, -0.15) is 0 Å². The van der Waals surface area contributed by atoms with Gasteiger partial charge < -0.3 is 5.21 Å². The molecule has 0 saturated carbocycles. The number of hydrogen-bond acceptors (Lipinski definition) is 2. The molecule has 0 aliphatic rings. The number of oxime groups is 1. The van der Waals surface area contributed by atoms with Crippen molar-refractivity contribution in [2.75, 3.05) is 0 Å². The Kier molecular flexibility index (Phi) is 5.43. The maximum atomic E-state index is 9.42. The maximum absolute atomic E-state index is 9.42. The minimum atomic E-state index is 0.270. The van der Waals surface area contributed by atoms with Crippen molar-refractivity contribution in [3.8, 4) is 0 Å². The van der Waals surface area contributed by atoms with Gasteiger partial charge in [-0.3, -0.25) is 0 Å². The van der Waals surface area contributed by atoms with Crippen LogP contribution in [0.2, 0.25) is 0 Å². The molecule has 0 spiro atoms. The van der Waals surface area contributed by atoms with Crippen molar-refractivity contribution in [2.24, 2.45) is 5.16 Å². The average molecular weight is 320 g/mol. The summed E-state index contributed by atoms with van der Waals surface area (Å²) in [6.07, 6.45) is 0.602. The molecule has 0 unspecified atom stereocenters. The van der Waals surface area contributed by atoms with Crippen molar-refractivity contribution in [2.45, 2.75) is 13.3 Å². The van der Waals surface area contributed by atoms with Crippen LogP contribution in [0, 0.1) is 0 Å². The first-order chi connectivity index (χ1) is 10.1. The molecule has 0 aromatic heterocycles. The molecule has 0 saturated heterocycles. The second-order valence-electron chi connectivity index (χ2n) is 4.69.